The summed E-state index contributed by atoms with van der Waals surface area (Å²) in [6, 6.07) is 9.23. The van der Waals surface area contributed by atoms with Gasteiger partial charge < -0.3 is 4.74 Å². The molecule has 0 amide bonds. The van der Waals surface area contributed by atoms with Crippen molar-refractivity contribution in [2.75, 3.05) is 6.61 Å². The summed E-state index contributed by atoms with van der Waals surface area (Å²) in [7, 11) is 1.59. The molecule has 0 spiro atoms. The predicted molar refractivity (Wildman–Crippen MR) is 102 cm³/mol. The van der Waals surface area contributed by atoms with E-state index in [1.807, 2.05) is 30.3 Å². The number of aromatic nitrogens is 2. The summed E-state index contributed by atoms with van der Waals surface area (Å²) in [5, 5.41) is 1.78. The molecule has 0 fully saturated rings. The first-order chi connectivity index (χ1) is 12.5. The van der Waals surface area contributed by atoms with Crippen LogP contribution in [0, 0.1) is 0 Å². The minimum absolute atomic E-state index is 0.142. The summed E-state index contributed by atoms with van der Waals surface area (Å²) in [6.07, 6.45) is 2.18. The number of hydrogen-bond donors (Lipinski definition) is 0. The number of esters is 1. The van der Waals surface area contributed by atoms with E-state index in [9.17, 15) is 14.4 Å². The van der Waals surface area contributed by atoms with Crippen molar-refractivity contribution in [2.45, 2.75) is 13.0 Å². The van der Waals surface area contributed by atoms with E-state index in [1.165, 1.54) is 15.9 Å². The third-order valence-corrected chi connectivity index (χ3v) is 5.07. The van der Waals surface area contributed by atoms with E-state index >= 15 is 0 Å². The van der Waals surface area contributed by atoms with E-state index in [4.69, 9.17) is 4.74 Å². The lowest BCUT2D eigenvalue weighted by Crippen LogP contribution is -2.39. The van der Waals surface area contributed by atoms with Crippen molar-refractivity contribution in [3.63, 3.8) is 0 Å². The molecule has 0 saturated heterocycles. The second kappa shape index (κ2) is 7.53. The number of benzene rings is 1. The standard InChI is InChI=1S/C19H18N2O4S/c1-3-4-10-25-18(23)14-12-26-17-15(14)16(22)21(19(24)20(17)2)11-13-8-6-5-7-9-13/h3,5-9,12H,1,4,10-11H2,2H3. The highest BCUT2D eigenvalue weighted by Gasteiger charge is 2.21. The molecule has 0 radical (unpaired) electrons. The van der Waals surface area contributed by atoms with Crippen LogP contribution in [0.4, 0.5) is 0 Å². The maximum Gasteiger partial charge on any atom is 0.339 e. The quantitative estimate of drug-likeness (QED) is 0.380. The Kier molecular flexibility index (Phi) is 5.18. The molecule has 3 aromatic rings. The SMILES string of the molecule is C=CCCOC(=O)c1csc2c1c(=O)n(Cc1ccccc1)c(=O)n2C. The van der Waals surface area contributed by atoms with Gasteiger partial charge in [0.15, 0.2) is 0 Å². The molecule has 2 aromatic heterocycles. The van der Waals surface area contributed by atoms with Gasteiger partial charge in [0, 0.05) is 12.4 Å². The lowest BCUT2D eigenvalue weighted by molar-refractivity contribution is 0.0514. The Hall–Kier alpha value is -2.93. The van der Waals surface area contributed by atoms with E-state index in [0.717, 1.165) is 10.1 Å². The van der Waals surface area contributed by atoms with Gasteiger partial charge in [-0.25, -0.2) is 9.59 Å². The second-order valence-electron chi connectivity index (χ2n) is 5.76. The minimum atomic E-state index is -0.569. The van der Waals surface area contributed by atoms with Gasteiger partial charge in [0.2, 0.25) is 0 Å². The summed E-state index contributed by atoms with van der Waals surface area (Å²) in [6.45, 7) is 3.92. The molecule has 1 aromatic carbocycles. The van der Waals surface area contributed by atoms with Crippen LogP contribution in [0.5, 0.6) is 0 Å². The zero-order chi connectivity index (χ0) is 18.7. The first kappa shape index (κ1) is 17.9. The van der Waals surface area contributed by atoms with Gasteiger partial charge in [-0.2, -0.15) is 0 Å². The topological polar surface area (TPSA) is 70.3 Å². The largest absolute Gasteiger partial charge is 0.462 e. The Morgan fingerprint density at radius 1 is 1.27 bits per heavy atom. The molecule has 2 heterocycles. The molecule has 0 saturated carbocycles. The molecule has 3 rings (SSSR count). The fourth-order valence-corrected chi connectivity index (χ4v) is 3.65. The van der Waals surface area contributed by atoms with Gasteiger partial charge >= 0.3 is 11.7 Å². The lowest BCUT2D eigenvalue weighted by atomic mass is 10.2. The highest BCUT2D eigenvalue weighted by molar-refractivity contribution is 7.17. The second-order valence-corrected chi connectivity index (χ2v) is 6.62. The molecule has 26 heavy (non-hydrogen) atoms. The molecular weight excluding hydrogens is 352 g/mol. The first-order valence-electron chi connectivity index (χ1n) is 8.07. The molecule has 0 aliphatic rings. The van der Waals surface area contributed by atoms with Crippen molar-refractivity contribution in [1.82, 2.24) is 9.13 Å². The molecule has 7 heteroatoms. The van der Waals surface area contributed by atoms with E-state index in [-0.39, 0.29) is 24.1 Å². The van der Waals surface area contributed by atoms with Crippen LogP contribution in [0.25, 0.3) is 10.2 Å². The number of carbonyl (C=O) groups excluding carboxylic acids is 1. The number of aryl methyl sites for hydroxylation is 1. The van der Waals surface area contributed by atoms with Crippen molar-refractivity contribution >= 4 is 27.5 Å². The Morgan fingerprint density at radius 2 is 2.00 bits per heavy atom. The highest BCUT2D eigenvalue weighted by atomic mass is 32.1. The normalized spacial score (nSPS) is 10.8. The number of thiophene rings is 1. The van der Waals surface area contributed by atoms with Crippen LogP contribution < -0.4 is 11.2 Å². The van der Waals surface area contributed by atoms with Crippen molar-refractivity contribution in [2.24, 2.45) is 7.05 Å². The molecule has 0 unspecified atom stereocenters. The Labute approximate surface area is 153 Å². The third-order valence-electron chi connectivity index (χ3n) is 4.01. The maximum absolute atomic E-state index is 13.0. The van der Waals surface area contributed by atoms with Gasteiger partial charge in [-0.05, 0) is 12.0 Å². The average molecular weight is 370 g/mol. The Balaban J connectivity index is 2.11. The highest BCUT2D eigenvalue weighted by Crippen LogP contribution is 2.22. The number of rotatable bonds is 6. The van der Waals surface area contributed by atoms with Crippen molar-refractivity contribution in [3.05, 3.63) is 80.3 Å². The van der Waals surface area contributed by atoms with Crippen LogP contribution in [0.1, 0.15) is 22.3 Å². The van der Waals surface area contributed by atoms with Crippen LogP contribution in [-0.4, -0.2) is 21.7 Å². The maximum atomic E-state index is 13.0. The monoisotopic (exact) mass is 370 g/mol. The summed E-state index contributed by atoms with van der Waals surface area (Å²) in [4.78, 5) is 38.3. The number of hydrogen-bond acceptors (Lipinski definition) is 5. The van der Waals surface area contributed by atoms with E-state index in [2.05, 4.69) is 6.58 Å². The third kappa shape index (κ3) is 3.25. The fraction of sp³-hybridized carbons (Fsp3) is 0.211. The van der Waals surface area contributed by atoms with Crippen LogP contribution >= 0.6 is 11.3 Å². The molecule has 0 atom stereocenters. The predicted octanol–water partition coefficient (Wildman–Crippen LogP) is 2.54. The smallest absolute Gasteiger partial charge is 0.339 e. The molecular formula is C19H18N2O4S. The zero-order valence-corrected chi connectivity index (χ0v) is 15.1. The van der Waals surface area contributed by atoms with Crippen LogP contribution in [0.15, 0.2) is 58.0 Å². The van der Waals surface area contributed by atoms with Crippen molar-refractivity contribution in [3.8, 4) is 0 Å². The number of fused-ring (bicyclic) bond motifs is 1. The van der Waals surface area contributed by atoms with Gasteiger partial charge in [0.25, 0.3) is 5.56 Å². The number of nitrogens with zero attached hydrogens (tertiary/aromatic N) is 2. The zero-order valence-electron chi connectivity index (χ0n) is 14.3. The fourth-order valence-electron chi connectivity index (χ4n) is 2.66. The molecule has 0 bridgehead atoms. The molecule has 0 aliphatic heterocycles. The van der Waals surface area contributed by atoms with Crippen LogP contribution in [-0.2, 0) is 18.3 Å². The van der Waals surface area contributed by atoms with Crippen LogP contribution in [0.2, 0.25) is 0 Å². The lowest BCUT2D eigenvalue weighted by Gasteiger charge is -2.09. The molecule has 0 aliphatic carbocycles. The summed E-state index contributed by atoms with van der Waals surface area (Å²) in [5.41, 5.74) is 0.122. The Bertz CT molecular complexity index is 1080. The Morgan fingerprint density at radius 3 is 2.69 bits per heavy atom. The van der Waals surface area contributed by atoms with E-state index in [1.54, 1.807) is 18.5 Å². The van der Waals surface area contributed by atoms with Crippen LogP contribution in [0.3, 0.4) is 0 Å². The van der Waals surface area contributed by atoms with Crippen molar-refractivity contribution < 1.29 is 9.53 Å². The molecule has 6 nitrogen and oxygen atoms in total. The summed E-state index contributed by atoms with van der Waals surface area (Å²) >= 11 is 1.18. The number of carbonyl (C=O) groups is 1. The van der Waals surface area contributed by atoms with E-state index in [0.29, 0.717) is 11.3 Å². The van der Waals surface area contributed by atoms with Gasteiger partial charge in [-0.3, -0.25) is 13.9 Å². The average Bonchev–Trinajstić information content (AvgIpc) is 3.10. The van der Waals surface area contributed by atoms with Crippen molar-refractivity contribution in [1.29, 1.82) is 0 Å². The van der Waals surface area contributed by atoms with Gasteiger partial charge in [-0.15, -0.1) is 17.9 Å². The molecule has 134 valence electrons. The van der Waals surface area contributed by atoms with Gasteiger partial charge in [-0.1, -0.05) is 36.4 Å². The van der Waals surface area contributed by atoms with E-state index < -0.39 is 17.2 Å². The van der Waals surface area contributed by atoms with Gasteiger partial charge in [0.05, 0.1) is 24.1 Å². The first-order valence-corrected chi connectivity index (χ1v) is 8.95. The van der Waals surface area contributed by atoms with Gasteiger partial charge in [0.1, 0.15) is 4.83 Å². The summed E-state index contributed by atoms with van der Waals surface area (Å²) in [5.74, 6) is -0.569. The number of ether oxygens (including phenoxy) is 1. The minimum Gasteiger partial charge on any atom is -0.462 e. The summed E-state index contributed by atoms with van der Waals surface area (Å²) < 4.78 is 7.72. The molecule has 0 N–H and O–H groups in total.